The van der Waals surface area contributed by atoms with Gasteiger partial charge in [0.05, 0.1) is 18.1 Å². The zero-order valence-electron chi connectivity index (χ0n) is 19.9. The number of sulfonamides is 1. The number of nitrogens with one attached hydrogen (secondary N) is 1. The van der Waals surface area contributed by atoms with E-state index in [4.69, 9.17) is 4.74 Å². The number of nitrogens with zero attached hydrogens (tertiary/aromatic N) is 2. The number of amides is 1. The van der Waals surface area contributed by atoms with Gasteiger partial charge in [-0.2, -0.15) is 4.31 Å². The molecule has 0 unspecified atom stereocenters. The molecular weight excluding hydrogens is 438 g/mol. The maximum atomic E-state index is 13.2. The first kappa shape index (κ1) is 24.6. The van der Waals surface area contributed by atoms with Gasteiger partial charge in [0.25, 0.3) is 5.91 Å². The minimum Gasteiger partial charge on any atom is -0.379 e. The molecule has 0 aromatic heterocycles. The van der Waals surface area contributed by atoms with E-state index in [0.29, 0.717) is 12.1 Å². The van der Waals surface area contributed by atoms with Crippen LogP contribution in [0.2, 0.25) is 0 Å². The van der Waals surface area contributed by atoms with E-state index in [9.17, 15) is 13.2 Å². The van der Waals surface area contributed by atoms with Gasteiger partial charge in [-0.25, -0.2) is 8.42 Å². The highest BCUT2D eigenvalue weighted by Crippen LogP contribution is 2.34. The molecule has 1 aromatic rings. The van der Waals surface area contributed by atoms with E-state index in [0.717, 1.165) is 64.8 Å². The van der Waals surface area contributed by atoms with Gasteiger partial charge in [0.1, 0.15) is 0 Å². The maximum absolute atomic E-state index is 13.2. The van der Waals surface area contributed by atoms with Crippen molar-refractivity contribution < 1.29 is 17.9 Å². The summed E-state index contributed by atoms with van der Waals surface area (Å²) in [6.45, 7) is 3.87. The fourth-order valence-electron chi connectivity index (χ4n) is 5.80. The average molecular weight is 478 g/mol. The molecule has 1 amide bonds. The molecule has 1 saturated heterocycles. The molecule has 184 valence electrons. The summed E-state index contributed by atoms with van der Waals surface area (Å²) >= 11 is 0. The second-order valence-corrected chi connectivity index (χ2v) is 11.9. The Labute approximate surface area is 198 Å². The summed E-state index contributed by atoms with van der Waals surface area (Å²) in [7, 11) is -1.95. The third-order valence-corrected chi connectivity index (χ3v) is 9.81. The Hall–Kier alpha value is -1.48. The Bertz CT molecular complexity index is 902. The number of benzene rings is 1. The highest BCUT2D eigenvalue weighted by Gasteiger charge is 2.39. The van der Waals surface area contributed by atoms with Gasteiger partial charge in [-0.1, -0.05) is 44.6 Å². The van der Waals surface area contributed by atoms with Gasteiger partial charge in [-0.15, -0.1) is 0 Å². The number of morpholine rings is 1. The van der Waals surface area contributed by atoms with Crippen LogP contribution in [0.3, 0.4) is 0 Å². The standard InChI is InChI=1S/C25H39N3O4S/c1-27(22-10-4-2-5-11-22)33(30,31)23-12-8-9-21(19-23)24(29)26-20-25(13-6-3-7-14-25)28-15-17-32-18-16-28/h8-9,12,19,22H,2-7,10-11,13-18,20H2,1H3,(H,26,29). The topological polar surface area (TPSA) is 79.0 Å². The van der Waals surface area contributed by atoms with Gasteiger partial charge in [-0.05, 0) is 43.9 Å². The third kappa shape index (κ3) is 5.61. The van der Waals surface area contributed by atoms with Crippen molar-refractivity contribution >= 4 is 15.9 Å². The molecule has 1 heterocycles. The number of carbonyl (C=O) groups excluding carboxylic acids is 1. The molecule has 2 saturated carbocycles. The Morgan fingerprint density at radius 3 is 2.45 bits per heavy atom. The lowest BCUT2D eigenvalue weighted by molar-refractivity contribution is -0.0361. The van der Waals surface area contributed by atoms with Crippen LogP contribution in [0.5, 0.6) is 0 Å². The molecule has 0 atom stereocenters. The molecule has 3 fully saturated rings. The predicted molar refractivity (Wildman–Crippen MR) is 129 cm³/mol. The molecule has 4 rings (SSSR count). The molecule has 7 nitrogen and oxygen atoms in total. The molecule has 1 N–H and O–H groups in total. The van der Waals surface area contributed by atoms with Crippen molar-refractivity contribution in [2.24, 2.45) is 0 Å². The van der Waals surface area contributed by atoms with E-state index in [1.165, 1.54) is 36.1 Å². The summed E-state index contributed by atoms with van der Waals surface area (Å²) in [6, 6.07) is 6.56. The first-order chi connectivity index (χ1) is 15.9. The van der Waals surface area contributed by atoms with Crippen molar-refractivity contribution in [1.29, 1.82) is 0 Å². The molecule has 1 aromatic carbocycles. The minimum absolute atomic E-state index is 0.0252. The van der Waals surface area contributed by atoms with E-state index in [-0.39, 0.29) is 22.4 Å². The molecule has 0 radical (unpaired) electrons. The fourth-order valence-corrected chi connectivity index (χ4v) is 7.27. The molecular formula is C25H39N3O4S. The largest absolute Gasteiger partial charge is 0.379 e. The quantitative estimate of drug-likeness (QED) is 0.651. The van der Waals surface area contributed by atoms with E-state index in [2.05, 4.69) is 10.2 Å². The zero-order valence-corrected chi connectivity index (χ0v) is 20.7. The van der Waals surface area contributed by atoms with Crippen molar-refractivity contribution in [3.05, 3.63) is 29.8 Å². The van der Waals surface area contributed by atoms with Crippen molar-refractivity contribution in [3.63, 3.8) is 0 Å². The van der Waals surface area contributed by atoms with Gasteiger partial charge in [0.15, 0.2) is 0 Å². The van der Waals surface area contributed by atoms with E-state index >= 15 is 0 Å². The summed E-state index contributed by atoms with van der Waals surface area (Å²) in [6.07, 6.45) is 10.9. The number of hydrogen-bond acceptors (Lipinski definition) is 5. The van der Waals surface area contributed by atoms with E-state index in [1.807, 2.05) is 0 Å². The third-order valence-electron chi connectivity index (χ3n) is 7.91. The highest BCUT2D eigenvalue weighted by molar-refractivity contribution is 7.89. The van der Waals surface area contributed by atoms with Crippen LogP contribution in [0.25, 0.3) is 0 Å². The minimum atomic E-state index is -3.63. The molecule has 1 aliphatic heterocycles. The lowest BCUT2D eigenvalue weighted by atomic mass is 9.79. The van der Waals surface area contributed by atoms with Crippen molar-refractivity contribution in [3.8, 4) is 0 Å². The monoisotopic (exact) mass is 477 g/mol. The van der Waals surface area contributed by atoms with Crippen LogP contribution in [0.1, 0.15) is 74.6 Å². The predicted octanol–water partition coefficient (Wildman–Crippen LogP) is 3.40. The van der Waals surface area contributed by atoms with Gasteiger partial charge < -0.3 is 10.1 Å². The van der Waals surface area contributed by atoms with Gasteiger partial charge in [0.2, 0.25) is 10.0 Å². The molecule has 0 bridgehead atoms. The van der Waals surface area contributed by atoms with Gasteiger partial charge in [-0.3, -0.25) is 9.69 Å². The normalized spacial score (nSPS) is 22.8. The van der Waals surface area contributed by atoms with Crippen LogP contribution in [0.15, 0.2) is 29.2 Å². The fraction of sp³-hybridized carbons (Fsp3) is 0.720. The van der Waals surface area contributed by atoms with Crippen LogP contribution in [-0.4, -0.2) is 75.0 Å². The summed E-state index contributed by atoms with van der Waals surface area (Å²) in [5.74, 6) is -0.203. The Kier molecular flexibility index (Phi) is 8.10. The van der Waals surface area contributed by atoms with Crippen LogP contribution in [0, 0.1) is 0 Å². The summed E-state index contributed by atoms with van der Waals surface area (Å²) < 4.78 is 33.6. The van der Waals surface area contributed by atoms with Gasteiger partial charge >= 0.3 is 0 Å². The maximum Gasteiger partial charge on any atom is 0.251 e. The van der Waals surface area contributed by atoms with E-state index in [1.54, 1.807) is 25.2 Å². The molecule has 3 aliphatic rings. The lowest BCUT2D eigenvalue weighted by Gasteiger charge is -2.48. The van der Waals surface area contributed by atoms with Crippen LogP contribution >= 0.6 is 0 Å². The second kappa shape index (κ2) is 10.8. The number of ether oxygens (including phenoxy) is 1. The molecule has 2 aliphatic carbocycles. The summed E-state index contributed by atoms with van der Waals surface area (Å²) in [4.78, 5) is 15.8. The van der Waals surface area contributed by atoms with Crippen LogP contribution < -0.4 is 5.32 Å². The molecule has 33 heavy (non-hydrogen) atoms. The van der Waals surface area contributed by atoms with Crippen LogP contribution in [-0.2, 0) is 14.8 Å². The van der Waals surface area contributed by atoms with Crippen molar-refractivity contribution in [2.45, 2.75) is 80.7 Å². The lowest BCUT2D eigenvalue weighted by Crippen LogP contribution is -2.59. The Balaban J connectivity index is 1.45. The first-order valence-corrected chi connectivity index (χ1v) is 14.1. The highest BCUT2D eigenvalue weighted by atomic mass is 32.2. The Morgan fingerprint density at radius 1 is 1.09 bits per heavy atom. The van der Waals surface area contributed by atoms with Gasteiger partial charge in [0, 0.05) is 43.8 Å². The zero-order chi connectivity index (χ0) is 23.3. The van der Waals surface area contributed by atoms with Crippen molar-refractivity contribution in [2.75, 3.05) is 39.9 Å². The summed E-state index contributed by atoms with van der Waals surface area (Å²) in [5.41, 5.74) is 0.379. The molecule has 0 spiro atoms. The Morgan fingerprint density at radius 2 is 1.76 bits per heavy atom. The molecule has 8 heteroatoms. The summed E-state index contributed by atoms with van der Waals surface area (Å²) in [5, 5.41) is 3.15. The van der Waals surface area contributed by atoms with E-state index < -0.39 is 10.0 Å². The average Bonchev–Trinajstić information content (AvgIpc) is 2.88. The number of hydrogen-bond donors (Lipinski definition) is 1. The van der Waals surface area contributed by atoms with Crippen LogP contribution in [0.4, 0.5) is 0 Å². The number of rotatable bonds is 7. The second-order valence-electron chi connectivity index (χ2n) is 9.91. The first-order valence-electron chi connectivity index (χ1n) is 12.6. The smallest absolute Gasteiger partial charge is 0.251 e. The number of carbonyl (C=O) groups is 1. The SMILES string of the molecule is CN(C1CCCCC1)S(=O)(=O)c1cccc(C(=O)NCC2(N3CCOCC3)CCCCC2)c1. The van der Waals surface area contributed by atoms with Crippen molar-refractivity contribution in [1.82, 2.24) is 14.5 Å².